The van der Waals surface area contributed by atoms with E-state index in [-0.39, 0.29) is 0 Å². The maximum atomic E-state index is 12.4. The Morgan fingerprint density at radius 3 is 2.64 bits per heavy atom. The van der Waals surface area contributed by atoms with E-state index in [4.69, 9.17) is 0 Å². The maximum absolute atomic E-state index is 12.4. The Kier molecular flexibility index (Phi) is 6.10. The van der Waals surface area contributed by atoms with Gasteiger partial charge in [0.15, 0.2) is 0 Å². The van der Waals surface area contributed by atoms with Crippen LogP contribution in [-0.4, -0.2) is 44.0 Å². The highest BCUT2D eigenvalue weighted by Gasteiger charge is 2.24. The highest BCUT2D eigenvalue weighted by molar-refractivity contribution is 5.77. The molecule has 122 valence electrons. The summed E-state index contributed by atoms with van der Waals surface area (Å²) in [4.78, 5) is 16.6. The number of amides is 1. The van der Waals surface area contributed by atoms with Gasteiger partial charge in [-0.25, -0.2) is 0 Å². The summed E-state index contributed by atoms with van der Waals surface area (Å²) in [5.74, 6) is 0.295. The minimum atomic E-state index is 0.295. The summed E-state index contributed by atoms with van der Waals surface area (Å²) in [6, 6.07) is 8.76. The third-order valence-corrected chi connectivity index (χ3v) is 4.47. The first-order chi connectivity index (χ1) is 10.6. The van der Waals surface area contributed by atoms with Crippen LogP contribution >= 0.6 is 0 Å². The van der Waals surface area contributed by atoms with Crippen molar-refractivity contribution in [2.45, 2.75) is 45.1 Å². The van der Waals surface area contributed by atoms with Gasteiger partial charge in [0.2, 0.25) is 5.91 Å². The van der Waals surface area contributed by atoms with Crippen LogP contribution in [0.15, 0.2) is 24.3 Å². The molecule has 0 saturated carbocycles. The Labute approximate surface area is 134 Å². The van der Waals surface area contributed by atoms with E-state index in [1.54, 1.807) is 0 Å². The SMILES string of the molecule is CCC1CCCCN1C(=O)CCNc1ccc(N(C)C)cc1. The lowest BCUT2D eigenvalue weighted by molar-refractivity contribution is -0.134. The first-order valence-corrected chi connectivity index (χ1v) is 8.42. The van der Waals surface area contributed by atoms with Gasteiger partial charge in [-0.3, -0.25) is 4.79 Å². The summed E-state index contributed by atoms with van der Waals surface area (Å²) >= 11 is 0. The predicted octanol–water partition coefficient (Wildman–Crippen LogP) is 3.35. The van der Waals surface area contributed by atoms with Crippen LogP contribution in [-0.2, 0) is 4.79 Å². The van der Waals surface area contributed by atoms with Crippen LogP contribution in [0.2, 0.25) is 0 Å². The number of likely N-dealkylation sites (tertiary alicyclic amines) is 1. The number of piperidine rings is 1. The Morgan fingerprint density at radius 2 is 2.00 bits per heavy atom. The molecule has 1 N–H and O–H groups in total. The minimum absolute atomic E-state index is 0.295. The van der Waals surface area contributed by atoms with E-state index < -0.39 is 0 Å². The van der Waals surface area contributed by atoms with Crippen molar-refractivity contribution >= 4 is 17.3 Å². The summed E-state index contributed by atoms with van der Waals surface area (Å²) in [7, 11) is 4.06. The van der Waals surface area contributed by atoms with Crippen molar-refractivity contribution in [2.75, 3.05) is 37.4 Å². The van der Waals surface area contributed by atoms with Crippen LogP contribution < -0.4 is 10.2 Å². The molecule has 0 spiro atoms. The summed E-state index contributed by atoms with van der Waals surface area (Å²) in [5.41, 5.74) is 2.25. The van der Waals surface area contributed by atoms with Gasteiger partial charge in [0.1, 0.15) is 0 Å². The van der Waals surface area contributed by atoms with E-state index in [0.29, 0.717) is 24.9 Å². The molecule has 4 nitrogen and oxygen atoms in total. The van der Waals surface area contributed by atoms with Gasteiger partial charge in [-0.1, -0.05) is 6.92 Å². The number of hydrogen-bond donors (Lipinski definition) is 1. The number of hydrogen-bond acceptors (Lipinski definition) is 3. The lowest BCUT2D eigenvalue weighted by atomic mass is 9.99. The topological polar surface area (TPSA) is 35.6 Å². The molecule has 1 fully saturated rings. The highest BCUT2D eigenvalue weighted by Crippen LogP contribution is 2.20. The maximum Gasteiger partial charge on any atom is 0.224 e. The van der Waals surface area contributed by atoms with Crippen molar-refractivity contribution in [3.05, 3.63) is 24.3 Å². The second-order valence-corrected chi connectivity index (χ2v) is 6.26. The standard InChI is InChI=1S/C18H29N3O/c1-4-16-7-5-6-14-21(16)18(22)12-13-19-15-8-10-17(11-9-15)20(2)3/h8-11,16,19H,4-7,12-14H2,1-3H3. The molecule has 2 rings (SSSR count). The van der Waals surface area contributed by atoms with Crippen LogP contribution in [0.1, 0.15) is 39.0 Å². The quantitative estimate of drug-likeness (QED) is 0.875. The van der Waals surface area contributed by atoms with E-state index in [0.717, 1.165) is 25.1 Å². The van der Waals surface area contributed by atoms with E-state index in [9.17, 15) is 4.79 Å². The molecular weight excluding hydrogens is 274 g/mol. The first kappa shape index (κ1) is 16.7. The highest BCUT2D eigenvalue weighted by atomic mass is 16.2. The molecule has 0 aliphatic carbocycles. The van der Waals surface area contributed by atoms with Crippen molar-refractivity contribution in [1.29, 1.82) is 0 Å². The van der Waals surface area contributed by atoms with Gasteiger partial charge in [-0.05, 0) is 49.9 Å². The van der Waals surface area contributed by atoms with Gasteiger partial charge in [0.25, 0.3) is 0 Å². The number of rotatable bonds is 6. The van der Waals surface area contributed by atoms with Gasteiger partial charge >= 0.3 is 0 Å². The zero-order valence-electron chi connectivity index (χ0n) is 14.1. The molecule has 4 heteroatoms. The first-order valence-electron chi connectivity index (χ1n) is 8.42. The molecule has 0 aromatic heterocycles. The van der Waals surface area contributed by atoms with Gasteiger partial charge in [0, 0.05) is 51.0 Å². The number of benzene rings is 1. The summed E-state index contributed by atoms with van der Waals surface area (Å²) in [6.45, 7) is 3.82. The van der Waals surface area contributed by atoms with E-state index in [1.807, 2.05) is 14.1 Å². The molecule has 1 aromatic rings. The van der Waals surface area contributed by atoms with Crippen LogP contribution in [0.5, 0.6) is 0 Å². The number of anilines is 2. The smallest absolute Gasteiger partial charge is 0.224 e. The van der Waals surface area contributed by atoms with Crippen molar-refractivity contribution in [3.8, 4) is 0 Å². The molecule has 1 aliphatic rings. The van der Waals surface area contributed by atoms with Crippen LogP contribution in [0.4, 0.5) is 11.4 Å². The summed E-state index contributed by atoms with van der Waals surface area (Å²) in [6.07, 6.45) is 5.24. The molecule has 0 bridgehead atoms. The van der Waals surface area contributed by atoms with E-state index in [2.05, 4.69) is 46.3 Å². The zero-order chi connectivity index (χ0) is 15.9. The lowest BCUT2D eigenvalue weighted by Gasteiger charge is -2.35. The molecule has 1 heterocycles. The van der Waals surface area contributed by atoms with E-state index in [1.165, 1.54) is 18.5 Å². The fourth-order valence-electron chi connectivity index (χ4n) is 3.09. The monoisotopic (exact) mass is 303 g/mol. The molecule has 1 aliphatic heterocycles. The van der Waals surface area contributed by atoms with Crippen LogP contribution in [0.3, 0.4) is 0 Å². The molecule has 1 unspecified atom stereocenters. The number of nitrogens with one attached hydrogen (secondary N) is 1. The largest absolute Gasteiger partial charge is 0.385 e. The minimum Gasteiger partial charge on any atom is -0.385 e. The normalized spacial score (nSPS) is 18.1. The molecule has 0 radical (unpaired) electrons. The van der Waals surface area contributed by atoms with Crippen molar-refractivity contribution < 1.29 is 4.79 Å². The Bertz CT molecular complexity index is 470. The molecule has 22 heavy (non-hydrogen) atoms. The Balaban J connectivity index is 1.78. The molecule has 1 aromatic carbocycles. The molecule has 1 saturated heterocycles. The molecule has 1 amide bonds. The number of nitrogens with zero attached hydrogens (tertiary/aromatic N) is 2. The predicted molar refractivity (Wildman–Crippen MR) is 93.5 cm³/mol. The van der Waals surface area contributed by atoms with Crippen molar-refractivity contribution in [1.82, 2.24) is 4.90 Å². The second-order valence-electron chi connectivity index (χ2n) is 6.26. The van der Waals surface area contributed by atoms with Crippen molar-refractivity contribution in [3.63, 3.8) is 0 Å². The Morgan fingerprint density at radius 1 is 1.27 bits per heavy atom. The third-order valence-electron chi connectivity index (χ3n) is 4.47. The average molecular weight is 303 g/mol. The molecule has 1 atom stereocenters. The van der Waals surface area contributed by atoms with Crippen LogP contribution in [0.25, 0.3) is 0 Å². The second kappa shape index (κ2) is 8.06. The zero-order valence-corrected chi connectivity index (χ0v) is 14.1. The van der Waals surface area contributed by atoms with Gasteiger partial charge in [-0.15, -0.1) is 0 Å². The van der Waals surface area contributed by atoms with Crippen LogP contribution in [0, 0.1) is 0 Å². The van der Waals surface area contributed by atoms with Gasteiger partial charge in [0.05, 0.1) is 0 Å². The van der Waals surface area contributed by atoms with Crippen molar-refractivity contribution in [2.24, 2.45) is 0 Å². The fraction of sp³-hybridized carbons (Fsp3) is 0.611. The average Bonchev–Trinajstić information content (AvgIpc) is 2.55. The fourth-order valence-corrected chi connectivity index (χ4v) is 3.09. The number of carbonyl (C=O) groups excluding carboxylic acids is 1. The lowest BCUT2D eigenvalue weighted by Crippen LogP contribution is -2.43. The molecular formula is C18H29N3O. The number of carbonyl (C=O) groups is 1. The van der Waals surface area contributed by atoms with Gasteiger partial charge < -0.3 is 15.1 Å². The van der Waals surface area contributed by atoms with Gasteiger partial charge in [-0.2, -0.15) is 0 Å². The summed E-state index contributed by atoms with van der Waals surface area (Å²) < 4.78 is 0. The summed E-state index contributed by atoms with van der Waals surface area (Å²) in [5, 5.41) is 3.35. The van der Waals surface area contributed by atoms with E-state index >= 15 is 0 Å². The Hall–Kier alpha value is -1.71. The third kappa shape index (κ3) is 4.39.